The van der Waals surface area contributed by atoms with E-state index < -0.39 is 0 Å². The smallest absolute Gasteiger partial charge is 0.259 e. The fourth-order valence-corrected chi connectivity index (χ4v) is 6.18. The minimum absolute atomic E-state index is 0.0407. The molecule has 174 valence electrons. The van der Waals surface area contributed by atoms with Crippen LogP contribution in [0.4, 0.5) is 5.69 Å². The predicted octanol–water partition coefficient (Wildman–Crippen LogP) is 4.22. The number of fused-ring (bicyclic) bond motifs is 3. The number of H-pyrrole nitrogens is 1. The van der Waals surface area contributed by atoms with Crippen LogP contribution in [0, 0.1) is 0 Å². The summed E-state index contributed by atoms with van der Waals surface area (Å²) in [6, 6.07) is 7.04. The van der Waals surface area contributed by atoms with E-state index in [1.807, 2.05) is 13.8 Å². The van der Waals surface area contributed by atoms with E-state index in [0.29, 0.717) is 48.1 Å². The summed E-state index contributed by atoms with van der Waals surface area (Å²) in [5, 5.41) is 3.64. The molecule has 3 aromatic rings. The molecule has 7 nitrogen and oxygen atoms in total. The maximum absolute atomic E-state index is 12.5. The summed E-state index contributed by atoms with van der Waals surface area (Å²) >= 11 is 3.20. The van der Waals surface area contributed by atoms with Gasteiger partial charge in [-0.1, -0.05) is 6.07 Å². The van der Waals surface area contributed by atoms with Crippen LogP contribution in [0.5, 0.6) is 0 Å². The first-order valence-corrected chi connectivity index (χ1v) is 13.3. The Bertz CT molecular complexity index is 1230. The first kappa shape index (κ1) is 23.5. The van der Waals surface area contributed by atoms with E-state index in [2.05, 4.69) is 15.3 Å². The Morgan fingerprint density at radius 2 is 2.06 bits per heavy atom. The SMILES string of the molecule is CCN(CC)C(=O)c1cccc(NC(=O)CCSCc2nc3sc4c(c3c(=O)[nH]2)CCC4)c1. The van der Waals surface area contributed by atoms with Crippen LogP contribution in [-0.4, -0.2) is 45.5 Å². The summed E-state index contributed by atoms with van der Waals surface area (Å²) in [5.41, 5.74) is 2.32. The lowest BCUT2D eigenvalue weighted by molar-refractivity contribution is -0.115. The van der Waals surface area contributed by atoms with Crippen molar-refractivity contribution in [2.24, 2.45) is 0 Å². The maximum atomic E-state index is 12.5. The van der Waals surface area contributed by atoms with Crippen molar-refractivity contribution in [2.75, 3.05) is 24.2 Å². The number of nitrogens with zero attached hydrogens (tertiary/aromatic N) is 2. The van der Waals surface area contributed by atoms with Crippen LogP contribution in [0.15, 0.2) is 29.1 Å². The van der Waals surface area contributed by atoms with Crippen molar-refractivity contribution in [3.63, 3.8) is 0 Å². The predicted molar refractivity (Wildman–Crippen MR) is 135 cm³/mol. The minimum atomic E-state index is -0.110. The number of hydrogen-bond donors (Lipinski definition) is 2. The van der Waals surface area contributed by atoms with E-state index in [9.17, 15) is 14.4 Å². The number of thiophene rings is 1. The minimum Gasteiger partial charge on any atom is -0.339 e. The van der Waals surface area contributed by atoms with Crippen molar-refractivity contribution >= 4 is 50.8 Å². The van der Waals surface area contributed by atoms with Gasteiger partial charge in [0.25, 0.3) is 11.5 Å². The van der Waals surface area contributed by atoms with Gasteiger partial charge in [-0.05, 0) is 56.9 Å². The molecule has 1 aliphatic rings. The van der Waals surface area contributed by atoms with E-state index in [-0.39, 0.29) is 17.4 Å². The summed E-state index contributed by atoms with van der Waals surface area (Å²) in [6.45, 7) is 5.18. The molecule has 2 amide bonds. The number of aryl methyl sites for hydroxylation is 2. The molecular weight excluding hydrogens is 456 g/mol. The zero-order chi connectivity index (χ0) is 23.4. The Balaban J connectivity index is 1.28. The molecule has 2 N–H and O–H groups in total. The van der Waals surface area contributed by atoms with Gasteiger partial charge in [-0.15, -0.1) is 11.3 Å². The number of thioether (sulfide) groups is 1. The van der Waals surface area contributed by atoms with Crippen molar-refractivity contribution in [1.29, 1.82) is 0 Å². The van der Waals surface area contributed by atoms with Crippen molar-refractivity contribution in [1.82, 2.24) is 14.9 Å². The van der Waals surface area contributed by atoms with Crippen LogP contribution in [0.25, 0.3) is 10.2 Å². The van der Waals surface area contributed by atoms with Gasteiger partial charge >= 0.3 is 0 Å². The molecule has 1 aliphatic carbocycles. The summed E-state index contributed by atoms with van der Waals surface area (Å²) in [4.78, 5) is 48.8. The van der Waals surface area contributed by atoms with Gasteiger partial charge in [0, 0.05) is 41.4 Å². The summed E-state index contributed by atoms with van der Waals surface area (Å²) < 4.78 is 0. The summed E-state index contributed by atoms with van der Waals surface area (Å²) in [5.74, 6) is 1.66. The van der Waals surface area contributed by atoms with Gasteiger partial charge in [0.15, 0.2) is 0 Å². The second-order valence-corrected chi connectivity index (χ2v) is 10.1. The lowest BCUT2D eigenvalue weighted by atomic mass is 10.1. The molecule has 2 heterocycles. The zero-order valence-corrected chi connectivity index (χ0v) is 20.5. The van der Waals surface area contributed by atoms with E-state index in [1.54, 1.807) is 52.3 Å². The molecule has 0 spiro atoms. The zero-order valence-electron chi connectivity index (χ0n) is 18.9. The number of hydrogen-bond acceptors (Lipinski definition) is 6. The van der Waals surface area contributed by atoms with Gasteiger partial charge in [0.05, 0.1) is 11.1 Å². The largest absolute Gasteiger partial charge is 0.339 e. The standard InChI is InChI=1S/C24H28N4O3S2/c1-3-28(4-2)24(31)15-7-5-8-16(13-15)25-20(29)11-12-32-14-19-26-22(30)21-17-9-6-10-18(17)33-23(21)27-19/h5,7-8,13H,3-4,6,9-12,14H2,1-2H3,(H,25,29)(H,26,27,30). The number of carbonyl (C=O) groups is 2. The Labute approximate surface area is 201 Å². The third-order valence-electron chi connectivity index (χ3n) is 5.78. The molecule has 0 bridgehead atoms. The maximum Gasteiger partial charge on any atom is 0.259 e. The topological polar surface area (TPSA) is 95.2 Å². The van der Waals surface area contributed by atoms with Gasteiger partial charge in [-0.25, -0.2) is 4.98 Å². The Morgan fingerprint density at radius 1 is 1.24 bits per heavy atom. The van der Waals surface area contributed by atoms with Gasteiger partial charge in [-0.3, -0.25) is 14.4 Å². The molecule has 4 rings (SSSR count). The van der Waals surface area contributed by atoms with Crippen LogP contribution in [-0.2, 0) is 23.4 Å². The fraction of sp³-hybridized carbons (Fsp3) is 0.417. The number of anilines is 1. The third-order valence-corrected chi connectivity index (χ3v) is 7.94. The number of rotatable bonds is 9. The number of carbonyl (C=O) groups excluding carboxylic acids is 2. The Kier molecular flexibility index (Phi) is 7.49. The highest BCUT2D eigenvalue weighted by atomic mass is 32.2. The van der Waals surface area contributed by atoms with E-state index in [1.165, 1.54) is 10.4 Å². The first-order chi connectivity index (χ1) is 16.0. The molecule has 0 saturated carbocycles. The normalized spacial score (nSPS) is 12.7. The number of aromatic nitrogens is 2. The van der Waals surface area contributed by atoms with Gasteiger partial charge < -0.3 is 15.2 Å². The second kappa shape index (κ2) is 10.5. The average molecular weight is 485 g/mol. The quantitative estimate of drug-likeness (QED) is 0.444. The lowest BCUT2D eigenvalue weighted by Gasteiger charge is -2.19. The Hall–Kier alpha value is -2.65. The molecule has 0 unspecified atom stereocenters. The van der Waals surface area contributed by atoms with Gasteiger partial charge in [-0.2, -0.15) is 11.8 Å². The molecule has 9 heteroatoms. The highest BCUT2D eigenvalue weighted by molar-refractivity contribution is 7.98. The molecule has 0 fully saturated rings. The highest BCUT2D eigenvalue weighted by Gasteiger charge is 2.21. The summed E-state index contributed by atoms with van der Waals surface area (Å²) in [6.07, 6.45) is 3.46. The van der Waals surface area contributed by atoms with Crippen molar-refractivity contribution in [3.05, 3.63) is 56.4 Å². The second-order valence-electron chi connectivity index (χ2n) is 7.96. The molecule has 0 atom stereocenters. The van der Waals surface area contributed by atoms with Crippen LogP contribution in [0.3, 0.4) is 0 Å². The van der Waals surface area contributed by atoms with Crippen molar-refractivity contribution in [2.45, 2.75) is 45.3 Å². The first-order valence-electron chi connectivity index (χ1n) is 11.3. The molecule has 0 radical (unpaired) electrons. The Morgan fingerprint density at radius 3 is 2.85 bits per heavy atom. The van der Waals surface area contributed by atoms with Crippen LogP contribution < -0.4 is 10.9 Å². The van der Waals surface area contributed by atoms with Crippen LogP contribution in [0.1, 0.15) is 53.3 Å². The van der Waals surface area contributed by atoms with Crippen molar-refractivity contribution in [3.8, 4) is 0 Å². The van der Waals surface area contributed by atoms with Gasteiger partial charge in [0.1, 0.15) is 10.7 Å². The third kappa shape index (κ3) is 5.30. The number of amides is 2. The highest BCUT2D eigenvalue weighted by Crippen LogP contribution is 2.34. The lowest BCUT2D eigenvalue weighted by Crippen LogP contribution is -2.30. The van der Waals surface area contributed by atoms with Crippen LogP contribution in [0.2, 0.25) is 0 Å². The van der Waals surface area contributed by atoms with E-state index in [4.69, 9.17) is 0 Å². The van der Waals surface area contributed by atoms with Crippen LogP contribution >= 0.6 is 23.1 Å². The molecule has 33 heavy (non-hydrogen) atoms. The fourth-order valence-electron chi connectivity index (χ4n) is 4.10. The van der Waals surface area contributed by atoms with E-state index in [0.717, 1.165) is 29.5 Å². The molecule has 0 aliphatic heterocycles. The average Bonchev–Trinajstić information content (AvgIpc) is 3.38. The number of nitrogens with one attached hydrogen (secondary N) is 2. The van der Waals surface area contributed by atoms with E-state index >= 15 is 0 Å². The number of aromatic amines is 1. The van der Waals surface area contributed by atoms with Crippen molar-refractivity contribution < 1.29 is 9.59 Å². The molecule has 1 aromatic carbocycles. The number of benzene rings is 1. The van der Waals surface area contributed by atoms with Gasteiger partial charge in [0.2, 0.25) is 5.91 Å². The molecule has 2 aromatic heterocycles. The summed E-state index contributed by atoms with van der Waals surface area (Å²) in [7, 11) is 0. The molecular formula is C24H28N4O3S2. The monoisotopic (exact) mass is 484 g/mol. The molecule has 0 saturated heterocycles.